The number of hydrogen-bond donors (Lipinski definition) is 0. The van der Waals surface area contributed by atoms with Crippen LogP contribution in [0.3, 0.4) is 0 Å². The first-order chi connectivity index (χ1) is 11.6. The Morgan fingerprint density at radius 3 is 2.79 bits per heavy atom. The van der Waals surface area contributed by atoms with Gasteiger partial charge in [-0.1, -0.05) is 28.9 Å². The SMILES string of the molecule is CCc1nc(CCl)n(-c2ccc(Br)cc2C(=O)c2ccccn2)n1. The van der Waals surface area contributed by atoms with Gasteiger partial charge in [0.2, 0.25) is 5.78 Å². The molecule has 0 aliphatic carbocycles. The summed E-state index contributed by atoms with van der Waals surface area (Å²) in [4.78, 5) is 21.4. The highest BCUT2D eigenvalue weighted by Crippen LogP contribution is 2.24. The maximum absolute atomic E-state index is 12.9. The highest BCUT2D eigenvalue weighted by atomic mass is 79.9. The summed E-state index contributed by atoms with van der Waals surface area (Å²) in [6.45, 7) is 1.97. The first kappa shape index (κ1) is 16.8. The van der Waals surface area contributed by atoms with E-state index < -0.39 is 0 Å². The van der Waals surface area contributed by atoms with E-state index in [9.17, 15) is 4.79 Å². The second-order valence-electron chi connectivity index (χ2n) is 5.05. The molecule has 7 heteroatoms. The van der Waals surface area contributed by atoms with E-state index in [1.807, 2.05) is 19.1 Å². The van der Waals surface area contributed by atoms with Crippen LogP contribution in [0.2, 0.25) is 0 Å². The minimum Gasteiger partial charge on any atom is -0.287 e. The molecule has 24 heavy (non-hydrogen) atoms. The zero-order chi connectivity index (χ0) is 17.1. The number of aromatic nitrogens is 4. The van der Waals surface area contributed by atoms with E-state index in [-0.39, 0.29) is 11.7 Å². The van der Waals surface area contributed by atoms with Crippen molar-refractivity contribution >= 4 is 33.3 Å². The number of hydrogen-bond acceptors (Lipinski definition) is 4. The molecule has 0 radical (unpaired) electrons. The smallest absolute Gasteiger partial charge is 0.213 e. The predicted molar refractivity (Wildman–Crippen MR) is 95.7 cm³/mol. The molecule has 0 aliphatic rings. The third-order valence-corrected chi connectivity index (χ3v) is 4.22. The minimum atomic E-state index is -0.180. The molecule has 0 spiro atoms. The van der Waals surface area contributed by atoms with Crippen molar-refractivity contribution in [2.45, 2.75) is 19.2 Å². The Morgan fingerprint density at radius 1 is 1.29 bits per heavy atom. The van der Waals surface area contributed by atoms with Crippen molar-refractivity contribution < 1.29 is 4.79 Å². The average molecular weight is 406 g/mol. The van der Waals surface area contributed by atoms with Gasteiger partial charge >= 0.3 is 0 Å². The van der Waals surface area contributed by atoms with E-state index in [2.05, 4.69) is 31.0 Å². The minimum absolute atomic E-state index is 0.180. The molecule has 5 nitrogen and oxygen atoms in total. The van der Waals surface area contributed by atoms with Gasteiger partial charge in [0.05, 0.1) is 17.1 Å². The van der Waals surface area contributed by atoms with Crippen LogP contribution in [0.15, 0.2) is 47.1 Å². The Labute approximate surface area is 152 Å². The lowest BCUT2D eigenvalue weighted by molar-refractivity contribution is 0.103. The third kappa shape index (κ3) is 3.25. The van der Waals surface area contributed by atoms with Gasteiger partial charge < -0.3 is 0 Å². The van der Waals surface area contributed by atoms with Gasteiger partial charge in [-0.15, -0.1) is 11.6 Å². The van der Waals surface area contributed by atoms with Crippen LogP contribution in [0, 0.1) is 0 Å². The third-order valence-electron chi connectivity index (χ3n) is 3.48. The molecule has 122 valence electrons. The van der Waals surface area contributed by atoms with E-state index in [0.717, 1.165) is 4.47 Å². The summed E-state index contributed by atoms with van der Waals surface area (Å²) >= 11 is 9.42. The lowest BCUT2D eigenvalue weighted by atomic mass is 10.1. The zero-order valence-corrected chi connectivity index (χ0v) is 15.3. The monoisotopic (exact) mass is 404 g/mol. The molecule has 0 unspecified atom stereocenters. The van der Waals surface area contributed by atoms with Crippen molar-refractivity contribution in [3.05, 3.63) is 70.0 Å². The normalized spacial score (nSPS) is 10.8. The Hall–Kier alpha value is -2.05. The summed E-state index contributed by atoms with van der Waals surface area (Å²) in [6, 6.07) is 10.7. The summed E-state index contributed by atoms with van der Waals surface area (Å²) in [5.74, 6) is 1.32. The molecule has 0 saturated heterocycles. The molecule has 3 aromatic rings. The van der Waals surface area contributed by atoms with Crippen molar-refractivity contribution in [2.24, 2.45) is 0 Å². The number of pyridine rings is 1. The number of ketones is 1. The topological polar surface area (TPSA) is 60.7 Å². The van der Waals surface area contributed by atoms with Gasteiger partial charge in [-0.25, -0.2) is 9.67 Å². The molecule has 0 saturated carbocycles. The van der Waals surface area contributed by atoms with E-state index in [4.69, 9.17) is 11.6 Å². The summed E-state index contributed by atoms with van der Waals surface area (Å²) < 4.78 is 2.43. The fourth-order valence-electron chi connectivity index (χ4n) is 2.33. The van der Waals surface area contributed by atoms with Gasteiger partial charge in [-0.3, -0.25) is 9.78 Å². The molecule has 3 rings (SSSR count). The van der Waals surface area contributed by atoms with Crippen LogP contribution in [-0.2, 0) is 12.3 Å². The quantitative estimate of drug-likeness (QED) is 0.476. The predicted octanol–water partition coefficient (Wildman–Crippen LogP) is 3.96. The van der Waals surface area contributed by atoms with Crippen LogP contribution in [0.5, 0.6) is 0 Å². The van der Waals surface area contributed by atoms with Crippen LogP contribution in [-0.4, -0.2) is 25.5 Å². The average Bonchev–Trinajstić information content (AvgIpc) is 3.05. The summed E-state index contributed by atoms with van der Waals surface area (Å²) in [7, 11) is 0. The van der Waals surface area contributed by atoms with Crippen molar-refractivity contribution in [2.75, 3.05) is 0 Å². The van der Waals surface area contributed by atoms with Crippen LogP contribution in [0.25, 0.3) is 5.69 Å². The first-order valence-electron chi connectivity index (χ1n) is 7.40. The molecule has 0 atom stereocenters. The Balaban J connectivity index is 2.16. The molecular weight excluding hydrogens is 392 g/mol. The molecule has 1 aromatic carbocycles. The van der Waals surface area contributed by atoms with Gasteiger partial charge in [0.25, 0.3) is 0 Å². The molecule has 0 amide bonds. The maximum atomic E-state index is 12.9. The molecule has 0 bridgehead atoms. The van der Waals surface area contributed by atoms with Crippen molar-refractivity contribution in [1.29, 1.82) is 0 Å². The molecule has 0 aliphatic heterocycles. The number of carbonyl (C=O) groups is 1. The van der Waals surface area contributed by atoms with E-state index in [0.29, 0.717) is 35.0 Å². The molecule has 2 heterocycles. The van der Waals surface area contributed by atoms with Gasteiger partial charge in [0, 0.05) is 17.1 Å². The fourth-order valence-corrected chi connectivity index (χ4v) is 2.86. The van der Waals surface area contributed by atoms with Gasteiger partial charge in [-0.2, -0.15) is 5.10 Å². The number of benzene rings is 1. The lowest BCUT2D eigenvalue weighted by Gasteiger charge is -2.10. The molecule has 0 fully saturated rings. The van der Waals surface area contributed by atoms with Crippen LogP contribution in [0.4, 0.5) is 0 Å². The highest BCUT2D eigenvalue weighted by Gasteiger charge is 2.19. The van der Waals surface area contributed by atoms with Gasteiger partial charge in [0.15, 0.2) is 5.82 Å². The Kier molecular flexibility index (Phi) is 5.06. The maximum Gasteiger partial charge on any atom is 0.213 e. The van der Waals surface area contributed by atoms with Crippen LogP contribution < -0.4 is 0 Å². The van der Waals surface area contributed by atoms with Crippen LogP contribution in [0.1, 0.15) is 34.6 Å². The van der Waals surface area contributed by atoms with Crippen LogP contribution >= 0.6 is 27.5 Å². The van der Waals surface area contributed by atoms with Crippen molar-refractivity contribution in [3.8, 4) is 5.69 Å². The molecule has 2 aromatic heterocycles. The number of alkyl halides is 1. The number of nitrogens with zero attached hydrogens (tertiary/aromatic N) is 4. The molecule has 0 N–H and O–H groups in total. The van der Waals surface area contributed by atoms with E-state index >= 15 is 0 Å². The number of aryl methyl sites for hydroxylation is 1. The number of halogens is 2. The summed E-state index contributed by atoms with van der Waals surface area (Å²) in [5.41, 5.74) is 1.50. The van der Waals surface area contributed by atoms with Gasteiger partial charge in [-0.05, 0) is 30.3 Å². The van der Waals surface area contributed by atoms with E-state index in [1.54, 1.807) is 35.1 Å². The number of rotatable bonds is 5. The highest BCUT2D eigenvalue weighted by molar-refractivity contribution is 9.10. The second-order valence-corrected chi connectivity index (χ2v) is 6.23. The standard InChI is InChI=1S/C17H14BrClN4O/c1-2-15-21-16(10-19)23(22-15)14-7-6-11(18)9-12(14)17(24)13-5-3-4-8-20-13/h3-9H,2,10H2,1H3. The van der Waals surface area contributed by atoms with Gasteiger partial charge in [0.1, 0.15) is 11.5 Å². The fraction of sp³-hybridized carbons (Fsp3) is 0.176. The second kappa shape index (κ2) is 7.23. The Bertz CT molecular complexity index is 880. The number of carbonyl (C=O) groups excluding carboxylic acids is 1. The Morgan fingerprint density at radius 2 is 2.12 bits per heavy atom. The zero-order valence-electron chi connectivity index (χ0n) is 12.9. The first-order valence-corrected chi connectivity index (χ1v) is 8.73. The lowest BCUT2D eigenvalue weighted by Crippen LogP contribution is -2.11. The van der Waals surface area contributed by atoms with E-state index in [1.165, 1.54) is 0 Å². The largest absolute Gasteiger partial charge is 0.287 e. The summed E-state index contributed by atoms with van der Waals surface area (Å²) in [5, 5.41) is 4.47. The van der Waals surface area contributed by atoms with Crippen molar-refractivity contribution in [1.82, 2.24) is 19.7 Å². The summed E-state index contributed by atoms with van der Waals surface area (Å²) in [6.07, 6.45) is 2.29. The van der Waals surface area contributed by atoms with Crippen molar-refractivity contribution in [3.63, 3.8) is 0 Å². The molecular formula is C17H14BrClN4O.